The molecule has 0 bridgehead atoms. The number of para-hydroxylation sites is 1. The highest BCUT2D eigenvalue weighted by Gasteiger charge is 2.35. The molecular weight excluding hydrogens is 372 g/mol. The van der Waals surface area contributed by atoms with Crippen LogP contribution < -0.4 is 15.4 Å². The maximum absolute atomic E-state index is 13.2. The maximum atomic E-state index is 13.2. The lowest BCUT2D eigenvalue weighted by Gasteiger charge is -2.29. The van der Waals surface area contributed by atoms with Gasteiger partial charge in [-0.25, -0.2) is 4.79 Å². The van der Waals surface area contributed by atoms with Gasteiger partial charge in [0.05, 0.1) is 18.7 Å². The van der Waals surface area contributed by atoms with Crippen LogP contribution in [-0.2, 0) is 11.2 Å². The first-order valence-corrected chi connectivity index (χ1v) is 9.51. The Bertz CT molecular complexity index is 926. The highest BCUT2D eigenvalue weighted by atomic mass is 16.5. The lowest BCUT2D eigenvalue weighted by atomic mass is 9.76. The van der Waals surface area contributed by atoms with Crippen molar-refractivity contribution in [3.63, 3.8) is 0 Å². The minimum absolute atomic E-state index is 0.254. The molecule has 0 saturated carbocycles. The van der Waals surface area contributed by atoms with Crippen molar-refractivity contribution in [2.75, 3.05) is 12.4 Å². The van der Waals surface area contributed by atoms with Crippen molar-refractivity contribution in [3.05, 3.63) is 59.2 Å². The summed E-state index contributed by atoms with van der Waals surface area (Å²) in [5, 5.41) is 14.1. The van der Waals surface area contributed by atoms with Crippen molar-refractivity contribution < 1.29 is 24.2 Å². The molecule has 3 rings (SSSR count). The predicted molar refractivity (Wildman–Crippen MR) is 109 cm³/mol. The fourth-order valence-electron chi connectivity index (χ4n) is 3.86. The summed E-state index contributed by atoms with van der Waals surface area (Å²) in [7, 11) is 1.48. The van der Waals surface area contributed by atoms with Gasteiger partial charge in [-0.15, -0.1) is 0 Å². The SMILES string of the molecule is COc1ccc2c(c1C(=O)Nc1ccccc1)C(C(=O)[C@H](C)NC(=O)O)CCC2. The third-order valence-electron chi connectivity index (χ3n) is 5.17. The molecule has 152 valence electrons. The van der Waals surface area contributed by atoms with Crippen molar-refractivity contribution in [1.82, 2.24) is 5.32 Å². The Morgan fingerprint density at radius 1 is 1.14 bits per heavy atom. The molecule has 0 radical (unpaired) electrons. The number of methoxy groups -OCH3 is 1. The molecule has 1 aliphatic carbocycles. The summed E-state index contributed by atoms with van der Waals surface area (Å²) < 4.78 is 5.44. The number of carbonyl (C=O) groups excluding carboxylic acids is 2. The van der Waals surface area contributed by atoms with Gasteiger partial charge in [-0.2, -0.15) is 0 Å². The summed E-state index contributed by atoms with van der Waals surface area (Å²) in [6.45, 7) is 1.52. The number of carbonyl (C=O) groups is 3. The minimum Gasteiger partial charge on any atom is -0.496 e. The van der Waals surface area contributed by atoms with E-state index in [1.165, 1.54) is 14.0 Å². The minimum atomic E-state index is -1.26. The van der Waals surface area contributed by atoms with Gasteiger partial charge in [0.2, 0.25) is 0 Å². The molecule has 29 heavy (non-hydrogen) atoms. The summed E-state index contributed by atoms with van der Waals surface area (Å²) in [5.74, 6) is -0.804. The van der Waals surface area contributed by atoms with E-state index in [2.05, 4.69) is 10.6 Å². The Balaban J connectivity index is 2.03. The second-order valence-electron chi connectivity index (χ2n) is 7.05. The van der Waals surface area contributed by atoms with Crippen LogP contribution >= 0.6 is 0 Å². The van der Waals surface area contributed by atoms with E-state index < -0.39 is 18.1 Å². The Hall–Kier alpha value is -3.35. The number of hydrogen-bond acceptors (Lipinski definition) is 4. The van der Waals surface area contributed by atoms with Crippen LogP contribution in [0, 0.1) is 0 Å². The third-order valence-corrected chi connectivity index (χ3v) is 5.17. The zero-order chi connectivity index (χ0) is 21.0. The van der Waals surface area contributed by atoms with Crippen LogP contribution in [0.4, 0.5) is 10.5 Å². The fraction of sp³-hybridized carbons (Fsp3) is 0.318. The maximum Gasteiger partial charge on any atom is 0.405 e. The first-order valence-electron chi connectivity index (χ1n) is 9.51. The molecule has 2 aromatic carbocycles. The van der Waals surface area contributed by atoms with Crippen LogP contribution in [0.1, 0.15) is 47.2 Å². The Morgan fingerprint density at radius 2 is 1.86 bits per heavy atom. The highest BCUT2D eigenvalue weighted by molar-refractivity contribution is 6.09. The number of hydrogen-bond donors (Lipinski definition) is 3. The number of benzene rings is 2. The van der Waals surface area contributed by atoms with Gasteiger partial charge in [0.25, 0.3) is 5.91 Å². The number of anilines is 1. The van der Waals surface area contributed by atoms with Gasteiger partial charge >= 0.3 is 6.09 Å². The van der Waals surface area contributed by atoms with Crippen molar-refractivity contribution >= 4 is 23.5 Å². The lowest BCUT2D eigenvalue weighted by Crippen LogP contribution is -2.41. The number of amides is 2. The molecule has 0 spiro atoms. The van der Waals surface area contributed by atoms with Gasteiger partial charge < -0.3 is 20.5 Å². The number of aryl methyl sites for hydroxylation is 1. The third kappa shape index (κ3) is 4.39. The zero-order valence-corrected chi connectivity index (χ0v) is 16.4. The normalized spacial score (nSPS) is 16.3. The first-order chi connectivity index (χ1) is 13.9. The van der Waals surface area contributed by atoms with Crippen LogP contribution in [0.5, 0.6) is 5.75 Å². The van der Waals surface area contributed by atoms with Gasteiger partial charge in [-0.05, 0) is 55.5 Å². The number of Topliss-reactive ketones (excluding diaryl/α,β-unsaturated/α-hetero) is 1. The average molecular weight is 396 g/mol. The molecule has 2 aromatic rings. The van der Waals surface area contributed by atoms with Crippen LogP contribution in [-0.4, -0.2) is 36.0 Å². The molecule has 2 amide bonds. The van der Waals surface area contributed by atoms with E-state index >= 15 is 0 Å². The monoisotopic (exact) mass is 396 g/mol. The van der Waals surface area contributed by atoms with E-state index in [1.807, 2.05) is 24.3 Å². The van der Waals surface area contributed by atoms with Gasteiger partial charge in [0, 0.05) is 11.6 Å². The summed E-state index contributed by atoms with van der Waals surface area (Å²) in [6, 6.07) is 11.8. The summed E-state index contributed by atoms with van der Waals surface area (Å²) in [6.07, 6.45) is 0.829. The number of carboxylic acid groups (broad SMARTS) is 1. The summed E-state index contributed by atoms with van der Waals surface area (Å²) >= 11 is 0. The molecular formula is C22H24N2O5. The molecule has 1 unspecified atom stereocenters. The second kappa shape index (κ2) is 8.77. The van der Waals surface area contributed by atoms with Gasteiger partial charge in [0.15, 0.2) is 5.78 Å². The molecule has 0 heterocycles. The number of fused-ring (bicyclic) bond motifs is 1. The van der Waals surface area contributed by atoms with Crippen molar-refractivity contribution in [2.24, 2.45) is 0 Å². The summed E-state index contributed by atoms with van der Waals surface area (Å²) in [4.78, 5) is 37.2. The molecule has 0 saturated heterocycles. The Morgan fingerprint density at radius 3 is 2.52 bits per heavy atom. The number of ether oxygens (including phenoxy) is 1. The lowest BCUT2D eigenvalue weighted by molar-refractivity contribution is -0.122. The Kier molecular flexibility index (Phi) is 6.16. The fourth-order valence-corrected chi connectivity index (χ4v) is 3.86. The molecule has 0 fully saturated rings. The largest absolute Gasteiger partial charge is 0.496 e. The number of ketones is 1. The topological polar surface area (TPSA) is 105 Å². The van der Waals surface area contributed by atoms with Gasteiger partial charge in [-0.3, -0.25) is 9.59 Å². The zero-order valence-electron chi connectivity index (χ0n) is 16.4. The predicted octanol–water partition coefficient (Wildman–Crippen LogP) is 3.59. The molecule has 0 aliphatic heterocycles. The van der Waals surface area contributed by atoms with E-state index in [1.54, 1.807) is 18.2 Å². The van der Waals surface area contributed by atoms with Gasteiger partial charge in [0.1, 0.15) is 5.75 Å². The molecule has 7 heteroatoms. The summed E-state index contributed by atoms with van der Waals surface area (Å²) in [5.41, 5.74) is 2.51. The smallest absolute Gasteiger partial charge is 0.405 e. The van der Waals surface area contributed by atoms with Crippen LogP contribution in [0.2, 0.25) is 0 Å². The molecule has 3 N–H and O–H groups in total. The first kappa shape index (κ1) is 20.4. The van der Waals surface area contributed by atoms with E-state index in [4.69, 9.17) is 9.84 Å². The molecule has 2 atom stereocenters. The van der Waals surface area contributed by atoms with Crippen molar-refractivity contribution in [2.45, 2.75) is 38.1 Å². The molecule has 0 aromatic heterocycles. The van der Waals surface area contributed by atoms with E-state index in [9.17, 15) is 14.4 Å². The number of rotatable bonds is 6. The van der Waals surface area contributed by atoms with Gasteiger partial charge in [-0.1, -0.05) is 24.3 Å². The average Bonchev–Trinajstić information content (AvgIpc) is 2.72. The molecule has 1 aliphatic rings. The molecule has 7 nitrogen and oxygen atoms in total. The van der Waals surface area contributed by atoms with E-state index in [0.29, 0.717) is 29.0 Å². The van der Waals surface area contributed by atoms with Crippen molar-refractivity contribution in [3.8, 4) is 5.75 Å². The number of nitrogens with one attached hydrogen (secondary N) is 2. The standard InChI is InChI=1S/C22H24N2O5/c1-13(23-22(27)28)20(25)16-10-6-7-14-11-12-17(29-2)19(18(14)16)21(26)24-15-8-4-3-5-9-15/h3-5,8-9,11-13,16,23H,6-7,10H2,1-2H3,(H,24,26)(H,27,28)/t13-,16?/m0/s1. The van der Waals surface area contributed by atoms with Crippen molar-refractivity contribution in [1.29, 1.82) is 0 Å². The highest BCUT2D eigenvalue weighted by Crippen LogP contribution is 2.39. The quantitative estimate of drug-likeness (QED) is 0.692. The second-order valence-corrected chi connectivity index (χ2v) is 7.05. The Labute approximate surface area is 169 Å². The van der Waals surface area contributed by atoms with E-state index in [-0.39, 0.29) is 11.7 Å². The van der Waals surface area contributed by atoms with Crippen LogP contribution in [0.25, 0.3) is 0 Å². The van der Waals surface area contributed by atoms with Crippen LogP contribution in [0.3, 0.4) is 0 Å². The van der Waals surface area contributed by atoms with Crippen LogP contribution in [0.15, 0.2) is 42.5 Å². The van der Waals surface area contributed by atoms with E-state index in [0.717, 1.165) is 18.4 Å².